The van der Waals surface area contributed by atoms with E-state index in [1.165, 1.54) is 6.07 Å². The van der Waals surface area contributed by atoms with Gasteiger partial charge in [-0.1, -0.05) is 20.8 Å². The van der Waals surface area contributed by atoms with Crippen LogP contribution in [0.1, 0.15) is 47.9 Å². The average Bonchev–Trinajstić information content (AvgIpc) is 2.64. The summed E-state index contributed by atoms with van der Waals surface area (Å²) < 4.78 is 0. The Morgan fingerprint density at radius 3 is 2.47 bits per heavy atom. The Morgan fingerprint density at radius 2 is 1.84 bits per heavy atom. The van der Waals surface area contributed by atoms with Gasteiger partial charge in [0.15, 0.2) is 0 Å². The van der Waals surface area contributed by atoms with Gasteiger partial charge in [-0.2, -0.15) is 0 Å². The molecule has 0 spiro atoms. The lowest BCUT2D eigenvalue weighted by atomic mass is 9.89. The van der Waals surface area contributed by atoms with Crippen LogP contribution in [0.5, 0.6) is 0 Å². The number of amides is 3. The van der Waals surface area contributed by atoms with Crippen LogP contribution < -0.4 is 10.6 Å². The van der Waals surface area contributed by atoms with Crippen molar-refractivity contribution in [2.45, 2.75) is 27.2 Å². The van der Waals surface area contributed by atoms with E-state index in [1.807, 2.05) is 20.8 Å². The first-order valence-electron chi connectivity index (χ1n) is 6.16. The number of fused-ring (bicyclic) bond motifs is 1. The van der Waals surface area contributed by atoms with Gasteiger partial charge in [0.1, 0.15) is 0 Å². The maximum atomic E-state index is 12.0. The highest BCUT2D eigenvalue weighted by atomic mass is 16.2. The number of anilines is 1. The van der Waals surface area contributed by atoms with Gasteiger partial charge in [-0.15, -0.1) is 0 Å². The van der Waals surface area contributed by atoms with Crippen molar-refractivity contribution in [1.82, 2.24) is 5.32 Å². The Hall–Kier alpha value is -2.17. The summed E-state index contributed by atoms with van der Waals surface area (Å²) in [7, 11) is 0. The molecular weight excluding hydrogens is 244 g/mol. The largest absolute Gasteiger partial charge is 0.326 e. The van der Waals surface area contributed by atoms with Crippen LogP contribution in [0.25, 0.3) is 0 Å². The lowest BCUT2D eigenvalue weighted by Crippen LogP contribution is -2.30. The van der Waals surface area contributed by atoms with Gasteiger partial charge in [-0.05, 0) is 24.6 Å². The third kappa shape index (κ3) is 2.36. The molecule has 0 saturated carbocycles. The fraction of sp³-hybridized carbons (Fsp3) is 0.357. The Kier molecular flexibility index (Phi) is 3.14. The lowest BCUT2D eigenvalue weighted by Gasteiger charge is -2.21. The third-order valence-electron chi connectivity index (χ3n) is 3.49. The second-order valence-corrected chi connectivity index (χ2v) is 5.24. The molecule has 0 saturated heterocycles. The summed E-state index contributed by atoms with van der Waals surface area (Å²) in [5.41, 5.74) is 0.696. The zero-order valence-corrected chi connectivity index (χ0v) is 11.2. The number of carbonyl (C=O) groups is 3. The lowest BCUT2D eigenvalue weighted by molar-refractivity contribution is -0.124. The molecule has 0 unspecified atom stereocenters. The Morgan fingerprint density at radius 1 is 1.21 bits per heavy atom. The van der Waals surface area contributed by atoms with Crippen molar-refractivity contribution in [3.63, 3.8) is 0 Å². The van der Waals surface area contributed by atoms with Crippen molar-refractivity contribution < 1.29 is 14.4 Å². The monoisotopic (exact) mass is 260 g/mol. The molecule has 3 amide bonds. The molecule has 0 bridgehead atoms. The van der Waals surface area contributed by atoms with Crippen molar-refractivity contribution in [1.29, 1.82) is 0 Å². The number of nitrogens with one attached hydrogen (secondary N) is 2. The molecule has 1 aliphatic heterocycles. The quantitative estimate of drug-likeness (QED) is 0.815. The maximum Gasteiger partial charge on any atom is 0.259 e. The van der Waals surface area contributed by atoms with Gasteiger partial charge in [-0.3, -0.25) is 19.7 Å². The number of hydrogen-bond acceptors (Lipinski definition) is 3. The van der Waals surface area contributed by atoms with Crippen molar-refractivity contribution in [3.8, 4) is 0 Å². The molecule has 0 atom stereocenters. The smallest absolute Gasteiger partial charge is 0.259 e. The highest BCUT2D eigenvalue weighted by molar-refractivity contribution is 6.22. The van der Waals surface area contributed by atoms with Crippen LogP contribution in [0, 0.1) is 5.41 Å². The number of imide groups is 1. The third-order valence-corrected chi connectivity index (χ3v) is 3.49. The second-order valence-electron chi connectivity index (χ2n) is 5.24. The van der Waals surface area contributed by atoms with Crippen LogP contribution >= 0.6 is 0 Å². The number of hydrogen-bond donors (Lipinski definition) is 2. The first-order chi connectivity index (χ1) is 8.85. The molecule has 2 rings (SSSR count). The number of benzene rings is 1. The highest BCUT2D eigenvalue weighted by Crippen LogP contribution is 2.24. The van der Waals surface area contributed by atoms with E-state index >= 15 is 0 Å². The van der Waals surface area contributed by atoms with E-state index in [4.69, 9.17) is 0 Å². The first-order valence-corrected chi connectivity index (χ1v) is 6.16. The van der Waals surface area contributed by atoms with Crippen molar-refractivity contribution in [2.24, 2.45) is 5.41 Å². The van der Waals surface area contributed by atoms with Crippen LogP contribution in [-0.2, 0) is 4.79 Å². The molecule has 1 aromatic carbocycles. The van der Waals surface area contributed by atoms with Gasteiger partial charge in [0.05, 0.1) is 11.1 Å². The molecule has 100 valence electrons. The number of rotatable bonds is 3. The summed E-state index contributed by atoms with van der Waals surface area (Å²) in [4.78, 5) is 35.0. The van der Waals surface area contributed by atoms with E-state index in [0.29, 0.717) is 23.2 Å². The molecule has 5 nitrogen and oxygen atoms in total. The molecule has 0 radical (unpaired) electrons. The molecular formula is C14H16N2O3. The average molecular weight is 260 g/mol. The predicted octanol–water partition coefficient (Wildman–Crippen LogP) is 1.94. The molecule has 19 heavy (non-hydrogen) atoms. The Bertz CT molecular complexity index is 576. The molecule has 1 aliphatic rings. The molecule has 2 N–H and O–H groups in total. The van der Waals surface area contributed by atoms with Gasteiger partial charge >= 0.3 is 0 Å². The van der Waals surface area contributed by atoms with E-state index in [0.717, 1.165) is 0 Å². The summed E-state index contributed by atoms with van der Waals surface area (Å²) in [5, 5.41) is 4.98. The molecule has 5 heteroatoms. The van der Waals surface area contributed by atoms with Crippen molar-refractivity contribution >= 4 is 23.4 Å². The topological polar surface area (TPSA) is 75.3 Å². The van der Waals surface area contributed by atoms with Crippen LogP contribution in [0.2, 0.25) is 0 Å². The van der Waals surface area contributed by atoms with Crippen molar-refractivity contribution in [2.75, 3.05) is 5.32 Å². The fourth-order valence-corrected chi connectivity index (χ4v) is 1.71. The SMILES string of the molecule is CCC(C)(C)C(=O)Nc1ccc2c(c1)C(=O)NC2=O. The molecule has 0 aliphatic carbocycles. The molecule has 0 aromatic heterocycles. The second kappa shape index (κ2) is 4.50. The van der Waals surface area contributed by atoms with E-state index < -0.39 is 17.2 Å². The van der Waals surface area contributed by atoms with Crippen LogP contribution in [0.15, 0.2) is 18.2 Å². The van der Waals surface area contributed by atoms with Gasteiger partial charge in [-0.25, -0.2) is 0 Å². The Labute approximate surface area is 111 Å². The standard InChI is InChI=1S/C14H16N2O3/c1-4-14(2,3)13(19)15-8-5-6-9-10(7-8)12(18)16-11(9)17/h5-7H,4H2,1-3H3,(H,15,19)(H,16,17,18). The number of carbonyl (C=O) groups excluding carboxylic acids is 3. The van der Waals surface area contributed by atoms with Gasteiger partial charge in [0.2, 0.25) is 5.91 Å². The first kappa shape index (κ1) is 13.3. The Balaban J connectivity index is 2.25. The maximum absolute atomic E-state index is 12.0. The normalized spacial score (nSPS) is 14.1. The van der Waals surface area contributed by atoms with Crippen LogP contribution in [-0.4, -0.2) is 17.7 Å². The van der Waals surface area contributed by atoms with E-state index in [1.54, 1.807) is 12.1 Å². The van der Waals surface area contributed by atoms with Gasteiger partial charge in [0, 0.05) is 11.1 Å². The minimum absolute atomic E-state index is 0.111. The minimum atomic E-state index is -0.475. The van der Waals surface area contributed by atoms with Gasteiger partial charge in [0.25, 0.3) is 11.8 Å². The summed E-state index contributed by atoms with van der Waals surface area (Å²) in [6, 6.07) is 4.70. The summed E-state index contributed by atoms with van der Waals surface area (Å²) in [5.74, 6) is -0.933. The van der Waals surface area contributed by atoms with Crippen molar-refractivity contribution in [3.05, 3.63) is 29.3 Å². The van der Waals surface area contributed by atoms with E-state index in [-0.39, 0.29) is 5.91 Å². The van der Waals surface area contributed by atoms with E-state index in [2.05, 4.69) is 10.6 Å². The summed E-state index contributed by atoms with van der Waals surface area (Å²) in [6.07, 6.45) is 0.711. The minimum Gasteiger partial charge on any atom is -0.326 e. The predicted molar refractivity (Wildman–Crippen MR) is 70.9 cm³/mol. The zero-order valence-electron chi connectivity index (χ0n) is 11.2. The molecule has 1 heterocycles. The van der Waals surface area contributed by atoms with E-state index in [9.17, 15) is 14.4 Å². The fourth-order valence-electron chi connectivity index (χ4n) is 1.71. The zero-order chi connectivity index (χ0) is 14.2. The van der Waals surface area contributed by atoms with Crippen LogP contribution in [0.3, 0.4) is 0 Å². The summed E-state index contributed by atoms with van der Waals surface area (Å²) >= 11 is 0. The van der Waals surface area contributed by atoms with Crippen LogP contribution in [0.4, 0.5) is 5.69 Å². The summed E-state index contributed by atoms with van der Waals surface area (Å²) in [6.45, 7) is 5.65. The molecule has 1 aromatic rings. The molecule has 0 fully saturated rings. The highest BCUT2D eigenvalue weighted by Gasteiger charge is 2.28. The van der Waals surface area contributed by atoms with Gasteiger partial charge < -0.3 is 5.32 Å².